The first-order chi connectivity index (χ1) is 26.3. The zero-order valence-electron chi connectivity index (χ0n) is 28.8. The van der Waals surface area contributed by atoms with Crippen LogP contribution in [0.25, 0.3) is 80.3 Å². The Hall–Kier alpha value is -6.68. The Balaban J connectivity index is 1.00. The van der Waals surface area contributed by atoms with Gasteiger partial charge in [-0.15, -0.1) is 11.3 Å². The van der Waals surface area contributed by atoms with Crippen molar-refractivity contribution in [2.45, 2.75) is 0 Å². The number of aromatic nitrogens is 1. The highest BCUT2D eigenvalue weighted by atomic mass is 32.1. The van der Waals surface area contributed by atoms with E-state index in [4.69, 9.17) is 0 Å². The van der Waals surface area contributed by atoms with E-state index in [2.05, 4.69) is 204 Å². The number of anilines is 3. The SMILES string of the molecule is c1ccc2cc3c(cc2c1)c1ccccc1n3-c1ccc(-c2ccc(N(c3ccc4sc5ccccc5c4c3)c3cccc4ccccc34)cc2)cc1. The summed E-state index contributed by atoms with van der Waals surface area (Å²) in [6.07, 6.45) is 0. The predicted molar refractivity (Wildman–Crippen MR) is 229 cm³/mol. The van der Waals surface area contributed by atoms with Gasteiger partial charge in [0.25, 0.3) is 0 Å². The monoisotopic (exact) mass is 692 g/mol. The number of nitrogens with zero attached hydrogens (tertiary/aromatic N) is 2. The summed E-state index contributed by atoms with van der Waals surface area (Å²) in [5.74, 6) is 0. The molecule has 0 radical (unpaired) electrons. The van der Waals surface area contributed by atoms with Gasteiger partial charge in [0.2, 0.25) is 0 Å². The number of fused-ring (bicyclic) bond motifs is 8. The average molecular weight is 693 g/mol. The van der Waals surface area contributed by atoms with E-state index in [1.807, 2.05) is 11.3 Å². The minimum absolute atomic E-state index is 1.12. The molecule has 9 aromatic carbocycles. The number of benzene rings is 9. The van der Waals surface area contributed by atoms with Crippen molar-refractivity contribution in [1.29, 1.82) is 0 Å². The number of rotatable bonds is 5. The van der Waals surface area contributed by atoms with Crippen molar-refractivity contribution >= 4 is 91.9 Å². The van der Waals surface area contributed by atoms with Gasteiger partial charge in [-0.25, -0.2) is 0 Å². The molecule has 0 fully saturated rings. The van der Waals surface area contributed by atoms with Crippen LogP contribution in [-0.2, 0) is 0 Å². The highest BCUT2D eigenvalue weighted by molar-refractivity contribution is 7.25. The van der Waals surface area contributed by atoms with E-state index >= 15 is 0 Å². The Kier molecular flexibility index (Phi) is 6.76. The van der Waals surface area contributed by atoms with E-state index in [1.54, 1.807) is 0 Å². The fourth-order valence-electron chi connectivity index (χ4n) is 8.22. The third-order valence-corrected chi connectivity index (χ3v) is 11.9. The second-order valence-corrected chi connectivity index (χ2v) is 14.9. The molecule has 3 heteroatoms. The van der Waals surface area contributed by atoms with Crippen molar-refractivity contribution in [3.63, 3.8) is 0 Å². The maximum atomic E-state index is 2.41. The Labute approximate surface area is 311 Å². The fraction of sp³-hybridized carbons (Fsp3) is 0. The van der Waals surface area contributed by atoms with Crippen LogP contribution < -0.4 is 4.90 Å². The van der Waals surface area contributed by atoms with E-state index in [-0.39, 0.29) is 0 Å². The molecule has 2 nitrogen and oxygen atoms in total. The van der Waals surface area contributed by atoms with Gasteiger partial charge in [0.15, 0.2) is 0 Å². The van der Waals surface area contributed by atoms with Crippen molar-refractivity contribution in [2.75, 3.05) is 4.90 Å². The van der Waals surface area contributed by atoms with Crippen LogP contribution in [0.5, 0.6) is 0 Å². The quantitative estimate of drug-likeness (QED) is 0.174. The van der Waals surface area contributed by atoms with E-state index in [1.165, 1.54) is 74.6 Å². The zero-order chi connectivity index (χ0) is 34.9. The lowest BCUT2D eigenvalue weighted by Gasteiger charge is -2.27. The Bertz CT molecular complexity index is 3160. The third kappa shape index (κ3) is 4.86. The van der Waals surface area contributed by atoms with Crippen molar-refractivity contribution < 1.29 is 0 Å². The first-order valence-corrected chi connectivity index (χ1v) is 18.9. The van der Waals surface area contributed by atoms with E-state index in [0.29, 0.717) is 0 Å². The van der Waals surface area contributed by atoms with Crippen molar-refractivity contribution in [2.24, 2.45) is 0 Å². The highest BCUT2D eigenvalue weighted by Crippen LogP contribution is 2.43. The van der Waals surface area contributed by atoms with Crippen LogP contribution in [0.15, 0.2) is 194 Å². The molecule has 0 amide bonds. The number of thiophene rings is 1. The van der Waals surface area contributed by atoms with Gasteiger partial charge < -0.3 is 9.47 Å². The molecule has 2 heterocycles. The molecule has 2 aromatic heterocycles. The maximum absolute atomic E-state index is 2.41. The number of hydrogen-bond donors (Lipinski definition) is 0. The summed E-state index contributed by atoms with van der Waals surface area (Å²) >= 11 is 1.86. The van der Waals surface area contributed by atoms with E-state index < -0.39 is 0 Å². The normalized spacial score (nSPS) is 11.8. The lowest BCUT2D eigenvalue weighted by Crippen LogP contribution is -2.10. The van der Waals surface area contributed by atoms with Gasteiger partial charge in [0.1, 0.15) is 0 Å². The molecule has 0 saturated carbocycles. The minimum Gasteiger partial charge on any atom is -0.310 e. The molecule has 0 aliphatic heterocycles. The summed E-state index contributed by atoms with van der Waals surface area (Å²) in [7, 11) is 0. The van der Waals surface area contributed by atoms with Crippen molar-refractivity contribution in [1.82, 2.24) is 4.57 Å². The molecule has 0 bridgehead atoms. The van der Waals surface area contributed by atoms with Crippen LogP contribution in [0.3, 0.4) is 0 Å². The highest BCUT2D eigenvalue weighted by Gasteiger charge is 2.18. The van der Waals surface area contributed by atoms with E-state index in [0.717, 1.165) is 22.7 Å². The molecule has 0 unspecified atom stereocenters. The maximum Gasteiger partial charge on any atom is 0.0547 e. The Morgan fingerprint density at radius 1 is 0.358 bits per heavy atom. The summed E-state index contributed by atoms with van der Waals surface area (Å²) in [6.45, 7) is 0. The Morgan fingerprint density at radius 3 is 1.77 bits per heavy atom. The van der Waals surface area contributed by atoms with Gasteiger partial charge >= 0.3 is 0 Å². The first-order valence-electron chi connectivity index (χ1n) is 18.1. The molecular weight excluding hydrogens is 661 g/mol. The summed E-state index contributed by atoms with van der Waals surface area (Å²) in [5, 5.41) is 10.1. The van der Waals surface area contributed by atoms with Gasteiger partial charge in [0, 0.05) is 53.4 Å². The molecule has 0 N–H and O–H groups in total. The van der Waals surface area contributed by atoms with Gasteiger partial charge in [-0.3, -0.25) is 0 Å². The van der Waals surface area contributed by atoms with Gasteiger partial charge in [-0.05, 0) is 100 Å². The van der Waals surface area contributed by atoms with Crippen LogP contribution >= 0.6 is 11.3 Å². The first kappa shape index (κ1) is 30.0. The second kappa shape index (κ2) is 11.9. The van der Waals surface area contributed by atoms with Crippen LogP contribution in [-0.4, -0.2) is 4.57 Å². The van der Waals surface area contributed by atoms with E-state index in [9.17, 15) is 0 Å². The summed E-state index contributed by atoms with van der Waals surface area (Å²) in [4.78, 5) is 2.41. The van der Waals surface area contributed by atoms with Gasteiger partial charge in [-0.1, -0.05) is 121 Å². The predicted octanol–water partition coefficient (Wildman–Crippen LogP) is 14.6. The van der Waals surface area contributed by atoms with Crippen LogP contribution in [0.4, 0.5) is 17.1 Å². The molecular formula is C50H32N2S. The molecule has 53 heavy (non-hydrogen) atoms. The molecule has 11 rings (SSSR count). The molecule has 0 atom stereocenters. The Morgan fingerprint density at radius 2 is 0.962 bits per heavy atom. The van der Waals surface area contributed by atoms with Crippen molar-refractivity contribution in [3.8, 4) is 16.8 Å². The van der Waals surface area contributed by atoms with Crippen LogP contribution in [0, 0.1) is 0 Å². The van der Waals surface area contributed by atoms with Crippen LogP contribution in [0.2, 0.25) is 0 Å². The molecule has 0 spiro atoms. The second-order valence-electron chi connectivity index (χ2n) is 13.8. The molecule has 0 aliphatic carbocycles. The van der Waals surface area contributed by atoms with Crippen LogP contribution in [0.1, 0.15) is 0 Å². The lowest BCUT2D eigenvalue weighted by molar-refractivity contribution is 1.18. The summed E-state index contributed by atoms with van der Waals surface area (Å²) in [5.41, 5.74) is 9.41. The summed E-state index contributed by atoms with van der Waals surface area (Å²) in [6, 6.07) is 71.0. The standard InChI is InChI=1S/C50H32N2S/c1-2-12-37-31-48-44(30-36(37)11-1)42-15-5-7-17-47(42)52(48)39-26-22-34(23-27-39)33-20-24-38(25-21-33)51(46-18-9-13-35-10-3-4-14-41(35)46)40-28-29-50-45(32-40)43-16-6-8-19-49(43)53-50/h1-32H. The fourth-order valence-corrected chi connectivity index (χ4v) is 9.31. The number of hydrogen-bond acceptors (Lipinski definition) is 2. The molecule has 11 aromatic rings. The van der Waals surface area contributed by atoms with Gasteiger partial charge in [-0.2, -0.15) is 0 Å². The topological polar surface area (TPSA) is 8.17 Å². The lowest BCUT2D eigenvalue weighted by atomic mass is 10.0. The molecule has 0 saturated heterocycles. The minimum atomic E-state index is 1.12. The average Bonchev–Trinajstić information content (AvgIpc) is 3.75. The molecule has 0 aliphatic rings. The third-order valence-electron chi connectivity index (χ3n) is 10.8. The number of para-hydroxylation sites is 1. The molecule has 248 valence electrons. The summed E-state index contributed by atoms with van der Waals surface area (Å²) < 4.78 is 5.03. The zero-order valence-corrected chi connectivity index (χ0v) is 29.6. The smallest absolute Gasteiger partial charge is 0.0547 e. The van der Waals surface area contributed by atoms with Gasteiger partial charge in [0.05, 0.1) is 16.7 Å². The largest absolute Gasteiger partial charge is 0.310 e. The van der Waals surface area contributed by atoms with Crippen molar-refractivity contribution in [3.05, 3.63) is 194 Å².